The largest absolute Gasteiger partial charge is 0.346 e. The van der Waals surface area contributed by atoms with Gasteiger partial charge in [0.2, 0.25) is 0 Å². The summed E-state index contributed by atoms with van der Waals surface area (Å²) in [6, 6.07) is 8.30. The van der Waals surface area contributed by atoms with E-state index >= 15 is 0 Å². The third kappa shape index (κ3) is 2.68. The summed E-state index contributed by atoms with van der Waals surface area (Å²) in [7, 11) is 0. The molecule has 0 unspecified atom stereocenters. The van der Waals surface area contributed by atoms with Gasteiger partial charge < -0.3 is 5.32 Å². The van der Waals surface area contributed by atoms with Crippen LogP contribution in [0.4, 0.5) is 8.78 Å². The van der Waals surface area contributed by atoms with Gasteiger partial charge in [-0.2, -0.15) is 0 Å². The minimum Gasteiger partial charge on any atom is -0.346 e. The zero-order valence-electron chi connectivity index (χ0n) is 9.36. The van der Waals surface area contributed by atoms with E-state index in [1.165, 1.54) is 36.5 Å². The lowest BCUT2D eigenvalue weighted by Gasteiger charge is -2.06. The Balaban J connectivity index is 2.06. The average Bonchev–Trinajstić information content (AvgIpc) is 2.38. The highest BCUT2D eigenvalue weighted by molar-refractivity contribution is 5.94. The van der Waals surface area contributed by atoms with Crippen LogP contribution in [0.25, 0.3) is 0 Å². The van der Waals surface area contributed by atoms with Crippen molar-refractivity contribution in [2.24, 2.45) is 0 Å². The molecule has 0 radical (unpaired) electrons. The molecule has 0 saturated carbocycles. The second-order valence-corrected chi connectivity index (χ2v) is 3.59. The van der Waals surface area contributed by atoms with Crippen LogP contribution in [0.15, 0.2) is 42.6 Å². The van der Waals surface area contributed by atoms with E-state index < -0.39 is 17.5 Å². The van der Waals surface area contributed by atoms with Gasteiger partial charge in [0, 0.05) is 6.20 Å². The molecule has 3 nitrogen and oxygen atoms in total. The van der Waals surface area contributed by atoms with Crippen LogP contribution >= 0.6 is 0 Å². The Kier molecular flexibility index (Phi) is 3.62. The summed E-state index contributed by atoms with van der Waals surface area (Å²) >= 11 is 0. The molecule has 1 aromatic carbocycles. The van der Waals surface area contributed by atoms with Gasteiger partial charge in [-0.05, 0) is 24.3 Å². The van der Waals surface area contributed by atoms with Gasteiger partial charge in [-0.3, -0.25) is 9.78 Å². The molecule has 18 heavy (non-hydrogen) atoms. The summed E-state index contributed by atoms with van der Waals surface area (Å²) < 4.78 is 26.5. The number of benzene rings is 1. The van der Waals surface area contributed by atoms with Gasteiger partial charge in [-0.25, -0.2) is 8.78 Å². The predicted molar refractivity (Wildman–Crippen MR) is 61.8 cm³/mol. The van der Waals surface area contributed by atoms with Gasteiger partial charge in [0.15, 0.2) is 0 Å². The van der Waals surface area contributed by atoms with Crippen LogP contribution < -0.4 is 5.32 Å². The predicted octanol–water partition coefficient (Wildman–Crippen LogP) is 2.29. The van der Waals surface area contributed by atoms with Crippen molar-refractivity contribution >= 4 is 5.91 Å². The molecule has 2 rings (SSSR count). The fraction of sp³-hybridized carbons (Fsp3) is 0.0769. The maximum Gasteiger partial charge on any atom is 0.254 e. The molecule has 1 N–H and O–H groups in total. The molecule has 1 heterocycles. The van der Waals surface area contributed by atoms with Gasteiger partial charge in [0.1, 0.15) is 11.6 Å². The number of pyridine rings is 1. The molecule has 0 saturated heterocycles. The van der Waals surface area contributed by atoms with Crippen LogP contribution in [0.2, 0.25) is 0 Å². The van der Waals surface area contributed by atoms with Crippen molar-refractivity contribution < 1.29 is 13.6 Å². The molecule has 0 bridgehead atoms. The number of nitrogens with zero attached hydrogens (tertiary/aromatic N) is 1. The fourth-order valence-corrected chi connectivity index (χ4v) is 1.45. The first-order valence-corrected chi connectivity index (χ1v) is 5.30. The molecule has 2 aromatic rings. The van der Waals surface area contributed by atoms with Crippen molar-refractivity contribution in [3.05, 3.63) is 65.5 Å². The number of hydrogen-bond donors (Lipinski definition) is 1. The molecule has 1 amide bonds. The van der Waals surface area contributed by atoms with Crippen LogP contribution in [0.5, 0.6) is 0 Å². The lowest BCUT2D eigenvalue weighted by Crippen LogP contribution is -2.24. The lowest BCUT2D eigenvalue weighted by molar-refractivity contribution is 0.0946. The molecule has 0 aliphatic heterocycles. The van der Waals surface area contributed by atoms with Crippen LogP contribution in [0, 0.1) is 11.6 Å². The van der Waals surface area contributed by atoms with Gasteiger partial charge in [-0.15, -0.1) is 0 Å². The molecule has 0 spiro atoms. The number of hydrogen-bond acceptors (Lipinski definition) is 2. The smallest absolute Gasteiger partial charge is 0.254 e. The Morgan fingerprint density at radius 3 is 2.56 bits per heavy atom. The Bertz CT molecular complexity index is 572. The molecule has 0 aliphatic carbocycles. The van der Waals surface area contributed by atoms with E-state index in [2.05, 4.69) is 10.3 Å². The van der Waals surface area contributed by atoms with Crippen LogP contribution in [-0.4, -0.2) is 10.9 Å². The minimum absolute atomic E-state index is 0.0751. The monoisotopic (exact) mass is 248 g/mol. The number of aromatic nitrogens is 1. The van der Waals surface area contributed by atoms with Gasteiger partial charge >= 0.3 is 0 Å². The van der Waals surface area contributed by atoms with E-state index in [1.54, 1.807) is 6.07 Å². The molecule has 0 atom stereocenters. The Morgan fingerprint density at radius 1 is 1.11 bits per heavy atom. The second kappa shape index (κ2) is 5.35. The summed E-state index contributed by atoms with van der Waals surface area (Å²) in [5, 5.41) is 2.42. The number of nitrogens with one attached hydrogen (secondary N) is 1. The standard InChI is InChI=1S/C13H10F2N2O/c14-10-5-2-1-4-9(10)13(18)17-8-12-11(15)6-3-7-16-12/h1-7H,8H2,(H,17,18). The van der Waals surface area contributed by atoms with E-state index in [9.17, 15) is 13.6 Å². The zero-order valence-corrected chi connectivity index (χ0v) is 9.36. The highest BCUT2D eigenvalue weighted by Crippen LogP contribution is 2.07. The third-order valence-corrected chi connectivity index (χ3v) is 2.37. The van der Waals surface area contributed by atoms with Gasteiger partial charge in [0.25, 0.3) is 5.91 Å². The average molecular weight is 248 g/mol. The van der Waals surface area contributed by atoms with Crippen molar-refractivity contribution in [3.8, 4) is 0 Å². The van der Waals surface area contributed by atoms with Crippen LogP contribution in [-0.2, 0) is 6.54 Å². The SMILES string of the molecule is O=C(NCc1ncccc1F)c1ccccc1F. The Morgan fingerprint density at radius 2 is 1.83 bits per heavy atom. The molecule has 5 heteroatoms. The number of amides is 1. The Hall–Kier alpha value is -2.30. The molecule has 0 fully saturated rings. The first-order valence-electron chi connectivity index (χ1n) is 5.30. The summed E-state index contributed by atoms with van der Waals surface area (Å²) in [6.45, 7) is -0.0835. The van der Waals surface area contributed by atoms with Gasteiger partial charge in [0.05, 0.1) is 17.8 Å². The lowest BCUT2D eigenvalue weighted by atomic mass is 10.2. The molecule has 1 aromatic heterocycles. The van der Waals surface area contributed by atoms with Gasteiger partial charge in [-0.1, -0.05) is 12.1 Å². The van der Waals surface area contributed by atoms with E-state index in [0.717, 1.165) is 0 Å². The summed E-state index contributed by atoms with van der Waals surface area (Å²) in [5.41, 5.74) is 0.0380. The second-order valence-electron chi connectivity index (χ2n) is 3.59. The molecule has 0 aliphatic rings. The van der Waals surface area contributed by atoms with E-state index in [1.807, 2.05) is 0 Å². The van der Waals surface area contributed by atoms with Crippen molar-refractivity contribution in [2.45, 2.75) is 6.54 Å². The van der Waals surface area contributed by atoms with Crippen molar-refractivity contribution in [1.82, 2.24) is 10.3 Å². The first kappa shape index (κ1) is 12.2. The molecular weight excluding hydrogens is 238 g/mol. The number of carbonyl (C=O) groups is 1. The molecular formula is C13H10F2N2O. The minimum atomic E-state index is -0.614. The van der Waals surface area contributed by atoms with E-state index in [4.69, 9.17) is 0 Å². The van der Waals surface area contributed by atoms with Crippen LogP contribution in [0.1, 0.15) is 16.1 Å². The van der Waals surface area contributed by atoms with Crippen molar-refractivity contribution in [1.29, 1.82) is 0 Å². The van der Waals surface area contributed by atoms with E-state index in [-0.39, 0.29) is 17.8 Å². The van der Waals surface area contributed by atoms with Crippen LogP contribution in [0.3, 0.4) is 0 Å². The topological polar surface area (TPSA) is 42.0 Å². The fourth-order valence-electron chi connectivity index (χ4n) is 1.45. The summed E-state index contributed by atoms with van der Waals surface area (Å²) in [5.74, 6) is -1.72. The van der Waals surface area contributed by atoms with Crippen molar-refractivity contribution in [2.75, 3.05) is 0 Å². The number of rotatable bonds is 3. The molecule has 92 valence electrons. The maximum atomic E-state index is 13.3. The first-order chi connectivity index (χ1) is 8.68. The highest BCUT2D eigenvalue weighted by Gasteiger charge is 2.11. The highest BCUT2D eigenvalue weighted by atomic mass is 19.1. The normalized spacial score (nSPS) is 10.1. The number of carbonyl (C=O) groups excluding carboxylic acids is 1. The number of halogens is 2. The Labute approximate surface area is 102 Å². The van der Waals surface area contributed by atoms with E-state index in [0.29, 0.717) is 0 Å². The van der Waals surface area contributed by atoms with Crippen molar-refractivity contribution in [3.63, 3.8) is 0 Å². The summed E-state index contributed by atoms with van der Waals surface area (Å²) in [4.78, 5) is 15.4. The quantitative estimate of drug-likeness (QED) is 0.905. The maximum absolute atomic E-state index is 13.3. The zero-order chi connectivity index (χ0) is 13.0. The third-order valence-electron chi connectivity index (χ3n) is 2.37. The summed E-state index contributed by atoms with van der Waals surface area (Å²) in [6.07, 6.45) is 1.42.